The Balaban J connectivity index is 2.81. The number of nitrogens with zero attached hydrogens (tertiary/aromatic N) is 2. The molecule has 1 aromatic heterocycles. The summed E-state index contributed by atoms with van der Waals surface area (Å²) in [5.74, 6) is 0.821. The number of hydrogen-bond acceptors (Lipinski definition) is 2. The third kappa shape index (κ3) is 3.35. The molecule has 6 heteroatoms. The highest BCUT2D eigenvalue weighted by molar-refractivity contribution is 7.98. The van der Waals surface area contributed by atoms with Crippen molar-refractivity contribution < 1.29 is 13.2 Å². The summed E-state index contributed by atoms with van der Waals surface area (Å²) in [4.78, 5) is 0. The van der Waals surface area contributed by atoms with Gasteiger partial charge in [-0.05, 0) is 37.8 Å². The van der Waals surface area contributed by atoms with Crippen molar-refractivity contribution in [2.24, 2.45) is 0 Å². The van der Waals surface area contributed by atoms with Crippen LogP contribution < -0.4 is 0 Å². The van der Waals surface area contributed by atoms with E-state index in [1.54, 1.807) is 30.0 Å². The second-order valence-corrected chi connectivity index (χ2v) is 6.50. The van der Waals surface area contributed by atoms with Gasteiger partial charge in [0.2, 0.25) is 0 Å². The fraction of sp³-hybridized carbons (Fsp3) is 0.471. The lowest BCUT2D eigenvalue weighted by Gasteiger charge is -2.18. The SMILES string of the molecule is CCCc1cc2c(C(F)(F)F)c(C#N)ccc2n1C(C)CSC. The predicted molar refractivity (Wildman–Crippen MR) is 88.7 cm³/mol. The Kier molecular flexibility index (Phi) is 5.30. The van der Waals surface area contributed by atoms with Crippen LogP contribution in [0.1, 0.15) is 43.1 Å². The van der Waals surface area contributed by atoms with Gasteiger partial charge in [0.15, 0.2) is 0 Å². The third-order valence-corrected chi connectivity index (χ3v) is 4.68. The zero-order valence-corrected chi connectivity index (χ0v) is 14.2. The molecule has 0 spiro atoms. The van der Waals surface area contributed by atoms with Crippen molar-refractivity contribution in [3.8, 4) is 6.07 Å². The van der Waals surface area contributed by atoms with Crippen LogP contribution in [0.15, 0.2) is 18.2 Å². The van der Waals surface area contributed by atoms with Gasteiger partial charge in [-0.3, -0.25) is 0 Å². The number of nitriles is 1. The molecule has 0 aliphatic heterocycles. The minimum atomic E-state index is -4.54. The first-order chi connectivity index (χ1) is 10.8. The van der Waals surface area contributed by atoms with Gasteiger partial charge in [-0.25, -0.2) is 0 Å². The van der Waals surface area contributed by atoms with E-state index in [-0.39, 0.29) is 17.0 Å². The van der Waals surface area contributed by atoms with E-state index < -0.39 is 11.7 Å². The monoisotopic (exact) mass is 340 g/mol. The maximum Gasteiger partial charge on any atom is 0.418 e. The number of rotatable bonds is 5. The van der Waals surface area contributed by atoms with E-state index in [2.05, 4.69) is 0 Å². The lowest BCUT2D eigenvalue weighted by atomic mass is 10.0. The Morgan fingerprint density at radius 1 is 1.35 bits per heavy atom. The van der Waals surface area contributed by atoms with E-state index in [4.69, 9.17) is 5.26 Å². The van der Waals surface area contributed by atoms with Crippen molar-refractivity contribution in [3.63, 3.8) is 0 Å². The van der Waals surface area contributed by atoms with Gasteiger partial charge in [-0.2, -0.15) is 30.2 Å². The highest BCUT2D eigenvalue weighted by atomic mass is 32.2. The summed E-state index contributed by atoms with van der Waals surface area (Å²) < 4.78 is 42.4. The van der Waals surface area contributed by atoms with Gasteiger partial charge in [0, 0.05) is 28.4 Å². The Labute approximate surface area is 138 Å². The Morgan fingerprint density at radius 2 is 2.04 bits per heavy atom. The molecule has 1 heterocycles. The zero-order chi connectivity index (χ0) is 17.2. The molecule has 0 aliphatic rings. The van der Waals surface area contributed by atoms with Crippen LogP contribution in [-0.2, 0) is 12.6 Å². The summed E-state index contributed by atoms with van der Waals surface area (Å²) in [7, 11) is 0. The van der Waals surface area contributed by atoms with Gasteiger partial charge in [-0.15, -0.1) is 0 Å². The van der Waals surface area contributed by atoms with Gasteiger partial charge in [0.05, 0.1) is 17.2 Å². The summed E-state index contributed by atoms with van der Waals surface area (Å²) in [6.07, 6.45) is -0.985. The van der Waals surface area contributed by atoms with E-state index in [9.17, 15) is 13.2 Å². The van der Waals surface area contributed by atoms with Crippen LogP contribution >= 0.6 is 11.8 Å². The zero-order valence-electron chi connectivity index (χ0n) is 13.4. The molecule has 0 fully saturated rings. The van der Waals surface area contributed by atoms with E-state index in [0.717, 1.165) is 17.9 Å². The minimum Gasteiger partial charge on any atom is -0.341 e. The summed E-state index contributed by atoms with van der Waals surface area (Å²) >= 11 is 1.67. The predicted octanol–water partition coefficient (Wildman–Crippen LogP) is 5.41. The van der Waals surface area contributed by atoms with Crippen molar-refractivity contribution in [1.29, 1.82) is 5.26 Å². The van der Waals surface area contributed by atoms with E-state index >= 15 is 0 Å². The first kappa shape index (κ1) is 17.7. The minimum absolute atomic E-state index is 0.0954. The molecular formula is C17H19F3N2S. The molecule has 0 N–H and O–H groups in total. The molecule has 1 atom stereocenters. The molecule has 1 unspecified atom stereocenters. The molecule has 124 valence electrons. The lowest BCUT2D eigenvalue weighted by molar-refractivity contribution is -0.136. The highest BCUT2D eigenvalue weighted by Crippen LogP contribution is 2.39. The Morgan fingerprint density at radius 3 is 2.57 bits per heavy atom. The average molecular weight is 340 g/mol. The molecule has 2 nitrogen and oxygen atoms in total. The van der Waals surface area contributed by atoms with Gasteiger partial charge >= 0.3 is 6.18 Å². The van der Waals surface area contributed by atoms with Crippen LogP contribution in [0.5, 0.6) is 0 Å². The fourth-order valence-electron chi connectivity index (χ4n) is 3.04. The van der Waals surface area contributed by atoms with Gasteiger partial charge < -0.3 is 4.57 Å². The van der Waals surface area contributed by atoms with Crippen LogP contribution in [-0.4, -0.2) is 16.6 Å². The van der Waals surface area contributed by atoms with Crippen LogP contribution in [0, 0.1) is 11.3 Å². The second kappa shape index (κ2) is 6.88. The van der Waals surface area contributed by atoms with E-state index in [1.807, 2.05) is 24.7 Å². The Hall–Kier alpha value is -1.61. The highest BCUT2D eigenvalue weighted by Gasteiger charge is 2.36. The smallest absolute Gasteiger partial charge is 0.341 e. The normalized spacial score (nSPS) is 13.3. The van der Waals surface area contributed by atoms with Crippen LogP contribution in [0.2, 0.25) is 0 Å². The second-order valence-electron chi connectivity index (χ2n) is 5.59. The summed E-state index contributed by atoms with van der Waals surface area (Å²) in [5.41, 5.74) is 0.318. The molecule has 0 saturated carbocycles. The Bertz CT molecular complexity index is 741. The first-order valence-electron chi connectivity index (χ1n) is 7.48. The van der Waals surface area contributed by atoms with Crippen LogP contribution in [0.4, 0.5) is 13.2 Å². The average Bonchev–Trinajstić information content (AvgIpc) is 2.83. The largest absolute Gasteiger partial charge is 0.418 e. The van der Waals surface area contributed by atoms with Crippen molar-refractivity contribution in [2.75, 3.05) is 12.0 Å². The maximum atomic E-state index is 13.5. The van der Waals surface area contributed by atoms with Crippen molar-refractivity contribution in [3.05, 3.63) is 35.0 Å². The molecule has 0 radical (unpaired) electrons. The number of fused-ring (bicyclic) bond motifs is 1. The quantitative estimate of drug-likeness (QED) is 0.728. The van der Waals surface area contributed by atoms with E-state index in [1.165, 1.54) is 6.07 Å². The summed E-state index contributed by atoms with van der Waals surface area (Å²) in [6.45, 7) is 4.02. The number of aryl methyl sites for hydroxylation is 1. The molecule has 0 aliphatic carbocycles. The molecular weight excluding hydrogens is 321 g/mol. The molecule has 1 aromatic carbocycles. The van der Waals surface area contributed by atoms with Crippen molar-refractivity contribution in [1.82, 2.24) is 4.57 Å². The van der Waals surface area contributed by atoms with E-state index in [0.29, 0.717) is 11.9 Å². The molecule has 23 heavy (non-hydrogen) atoms. The molecule has 2 rings (SSSR count). The van der Waals surface area contributed by atoms with Crippen molar-refractivity contribution in [2.45, 2.75) is 38.9 Å². The molecule has 2 aromatic rings. The molecule has 0 amide bonds. The van der Waals surface area contributed by atoms with Gasteiger partial charge in [0.1, 0.15) is 0 Å². The van der Waals surface area contributed by atoms with Crippen molar-refractivity contribution >= 4 is 22.7 Å². The van der Waals surface area contributed by atoms with Crippen LogP contribution in [0.3, 0.4) is 0 Å². The summed E-state index contributed by atoms with van der Waals surface area (Å²) in [6, 6.07) is 6.30. The third-order valence-electron chi connectivity index (χ3n) is 3.86. The lowest BCUT2D eigenvalue weighted by Crippen LogP contribution is -2.12. The fourth-order valence-corrected chi connectivity index (χ4v) is 3.67. The summed E-state index contributed by atoms with van der Waals surface area (Å²) in [5, 5.41) is 9.19. The number of hydrogen-bond donors (Lipinski definition) is 0. The topological polar surface area (TPSA) is 28.7 Å². The molecule has 0 bridgehead atoms. The number of alkyl halides is 3. The number of thioether (sulfide) groups is 1. The number of aromatic nitrogens is 1. The molecule has 0 saturated heterocycles. The standard InChI is InChI=1S/C17H19F3N2S/c1-4-5-13-8-14-15(22(13)11(2)10-23-3)7-6-12(9-21)16(14)17(18,19)20/h6-8,11H,4-5,10H2,1-3H3. The number of benzene rings is 1. The van der Waals surface area contributed by atoms with Gasteiger partial charge in [-0.1, -0.05) is 13.3 Å². The van der Waals surface area contributed by atoms with Crippen LogP contribution in [0.25, 0.3) is 10.9 Å². The first-order valence-corrected chi connectivity index (χ1v) is 8.87. The maximum absolute atomic E-state index is 13.5. The van der Waals surface area contributed by atoms with Gasteiger partial charge in [0.25, 0.3) is 0 Å². The number of halogens is 3.